The van der Waals surface area contributed by atoms with Gasteiger partial charge in [-0.1, -0.05) is 22.0 Å². The number of aromatic nitrogens is 2. The highest BCUT2D eigenvalue weighted by Gasteiger charge is 2.11. The summed E-state index contributed by atoms with van der Waals surface area (Å²) in [5.41, 5.74) is 0.549. The summed E-state index contributed by atoms with van der Waals surface area (Å²) in [6.07, 6.45) is 0.663. The zero-order valence-corrected chi connectivity index (χ0v) is 13.9. The van der Waals surface area contributed by atoms with Crippen LogP contribution in [0.5, 0.6) is 5.75 Å². The number of thiophene rings is 1. The maximum Gasteiger partial charge on any atom is 0.271 e. The number of halogens is 1. The summed E-state index contributed by atoms with van der Waals surface area (Å²) in [6.45, 7) is 0.249. The van der Waals surface area contributed by atoms with Crippen LogP contribution in [0.3, 0.4) is 0 Å². The van der Waals surface area contributed by atoms with Crippen LogP contribution in [0, 0.1) is 0 Å². The van der Waals surface area contributed by atoms with Gasteiger partial charge in [0, 0.05) is 4.47 Å². The Labute approximate surface area is 138 Å². The monoisotopic (exact) mass is 380 g/mol. The number of aliphatic hydroxyl groups excluding tert-OH is 1. The Hall–Kier alpha value is -1.70. The molecule has 0 aliphatic carbocycles. The molecular formula is C15H13BrN2O3S. The van der Waals surface area contributed by atoms with E-state index in [4.69, 9.17) is 4.74 Å². The van der Waals surface area contributed by atoms with Crippen molar-refractivity contribution in [3.05, 3.63) is 56.9 Å². The first-order valence-corrected chi connectivity index (χ1v) is 8.30. The van der Waals surface area contributed by atoms with Gasteiger partial charge in [0.2, 0.25) is 0 Å². The molecule has 0 spiro atoms. The van der Waals surface area contributed by atoms with Gasteiger partial charge in [-0.15, -0.1) is 11.3 Å². The van der Waals surface area contributed by atoms with Gasteiger partial charge in [-0.3, -0.25) is 9.36 Å². The molecule has 2 heterocycles. The second-order valence-corrected chi connectivity index (χ2v) is 6.59. The molecule has 0 saturated carbocycles. The molecule has 114 valence electrons. The largest absolute Gasteiger partial charge is 0.491 e. The van der Waals surface area contributed by atoms with Crippen molar-refractivity contribution in [2.75, 3.05) is 6.61 Å². The molecule has 0 aliphatic rings. The molecule has 1 N–H and O–H groups in total. The molecular weight excluding hydrogens is 368 g/mol. The summed E-state index contributed by atoms with van der Waals surface area (Å²) < 4.78 is 8.44. The average Bonchev–Trinajstić information content (AvgIpc) is 2.98. The lowest BCUT2D eigenvalue weighted by molar-refractivity contribution is 0.0914. The van der Waals surface area contributed by atoms with E-state index in [9.17, 15) is 9.90 Å². The lowest BCUT2D eigenvalue weighted by atomic mass is 10.3. The van der Waals surface area contributed by atoms with Crippen LogP contribution >= 0.6 is 27.3 Å². The van der Waals surface area contributed by atoms with Crippen molar-refractivity contribution >= 4 is 37.5 Å². The molecule has 2 aromatic heterocycles. The molecule has 5 nitrogen and oxygen atoms in total. The van der Waals surface area contributed by atoms with Gasteiger partial charge in [0.1, 0.15) is 23.2 Å². The Morgan fingerprint density at radius 1 is 1.41 bits per heavy atom. The lowest BCUT2D eigenvalue weighted by Crippen LogP contribution is -2.30. The zero-order chi connectivity index (χ0) is 15.5. The second-order valence-electron chi connectivity index (χ2n) is 4.76. The quantitative estimate of drug-likeness (QED) is 0.738. The molecule has 7 heteroatoms. The first-order chi connectivity index (χ1) is 10.6. The summed E-state index contributed by atoms with van der Waals surface area (Å²) in [6, 6.07) is 9.18. The minimum absolute atomic E-state index is 0.103. The molecule has 0 aliphatic heterocycles. The molecule has 0 amide bonds. The van der Waals surface area contributed by atoms with Crippen LogP contribution < -0.4 is 10.3 Å². The molecule has 0 fully saturated rings. The van der Waals surface area contributed by atoms with Crippen molar-refractivity contribution in [1.82, 2.24) is 9.55 Å². The second kappa shape index (κ2) is 6.60. The number of hydrogen-bond donors (Lipinski definition) is 1. The van der Waals surface area contributed by atoms with E-state index >= 15 is 0 Å². The number of rotatable bonds is 5. The summed E-state index contributed by atoms with van der Waals surface area (Å²) in [4.78, 5) is 16.4. The fourth-order valence-corrected chi connectivity index (χ4v) is 3.21. The number of hydrogen-bond acceptors (Lipinski definition) is 5. The van der Waals surface area contributed by atoms with Crippen LogP contribution in [0.4, 0.5) is 0 Å². The Balaban J connectivity index is 1.66. The maximum absolute atomic E-state index is 12.2. The third-order valence-electron chi connectivity index (χ3n) is 3.08. The summed E-state index contributed by atoms with van der Waals surface area (Å²) in [7, 11) is 0. The first-order valence-electron chi connectivity index (χ1n) is 6.62. The van der Waals surface area contributed by atoms with Crippen LogP contribution in [-0.2, 0) is 6.54 Å². The number of aliphatic hydroxyl groups is 1. The van der Waals surface area contributed by atoms with Crippen molar-refractivity contribution in [1.29, 1.82) is 0 Å². The van der Waals surface area contributed by atoms with Crippen molar-refractivity contribution in [2.45, 2.75) is 12.6 Å². The van der Waals surface area contributed by atoms with Crippen LogP contribution in [-0.4, -0.2) is 27.4 Å². The molecule has 3 rings (SSSR count). The molecule has 3 aromatic rings. The summed E-state index contributed by atoms with van der Waals surface area (Å²) >= 11 is 4.71. The smallest absolute Gasteiger partial charge is 0.271 e. The minimum Gasteiger partial charge on any atom is -0.491 e. The van der Waals surface area contributed by atoms with Gasteiger partial charge in [-0.2, -0.15) is 0 Å². The highest BCUT2D eigenvalue weighted by molar-refractivity contribution is 9.10. The SMILES string of the molecule is O=c1c2sccc2ncn1CC(O)COc1cccc(Br)c1. The molecule has 0 saturated heterocycles. The average molecular weight is 381 g/mol. The molecule has 1 aromatic carbocycles. The van der Waals surface area contributed by atoms with Crippen LogP contribution in [0.1, 0.15) is 0 Å². The minimum atomic E-state index is -0.795. The van der Waals surface area contributed by atoms with E-state index in [1.807, 2.05) is 29.6 Å². The van der Waals surface area contributed by atoms with Crippen molar-refractivity contribution in [2.24, 2.45) is 0 Å². The van der Waals surface area contributed by atoms with Gasteiger partial charge in [0.15, 0.2) is 0 Å². The number of fused-ring (bicyclic) bond motifs is 1. The van der Waals surface area contributed by atoms with E-state index in [0.717, 1.165) is 4.47 Å². The Kier molecular flexibility index (Phi) is 4.56. The highest BCUT2D eigenvalue weighted by Crippen LogP contribution is 2.18. The van der Waals surface area contributed by atoms with Gasteiger partial charge in [0.05, 0.1) is 18.4 Å². The van der Waals surface area contributed by atoms with Crippen molar-refractivity contribution in [3.8, 4) is 5.75 Å². The number of nitrogens with zero attached hydrogens (tertiary/aromatic N) is 2. The summed E-state index contributed by atoms with van der Waals surface area (Å²) in [5, 5.41) is 11.9. The van der Waals surface area contributed by atoms with E-state index in [0.29, 0.717) is 16.0 Å². The highest BCUT2D eigenvalue weighted by atomic mass is 79.9. The molecule has 22 heavy (non-hydrogen) atoms. The van der Waals surface area contributed by atoms with E-state index in [-0.39, 0.29) is 18.7 Å². The Bertz CT molecular complexity index is 846. The van der Waals surface area contributed by atoms with Gasteiger partial charge in [0.25, 0.3) is 5.56 Å². The standard InChI is InChI=1S/C15H13BrN2O3S/c16-10-2-1-3-12(6-10)21-8-11(19)7-18-9-17-13-4-5-22-14(13)15(18)20/h1-6,9,11,19H,7-8H2. The van der Waals surface area contributed by atoms with Crippen molar-refractivity contribution in [3.63, 3.8) is 0 Å². The van der Waals surface area contributed by atoms with E-state index < -0.39 is 6.10 Å². The van der Waals surface area contributed by atoms with Crippen LogP contribution in [0.25, 0.3) is 10.2 Å². The van der Waals surface area contributed by atoms with Crippen LogP contribution in [0.2, 0.25) is 0 Å². The maximum atomic E-state index is 12.2. The predicted octanol–water partition coefficient (Wildman–Crippen LogP) is 2.66. The fraction of sp³-hybridized carbons (Fsp3) is 0.200. The number of ether oxygens (including phenoxy) is 1. The topological polar surface area (TPSA) is 64.4 Å². The van der Waals surface area contributed by atoms with Crippen molar-refractivity contribution < 1.29 is 9.84 Å². The Morgan fingerprint density at radius 2 is 2.27 bits per heavy atom. The molecule has 1 unspecified atom stereocenters. The third-order valence-corrected chi connectivity index (χ3v) is 4.47. The normalized spacial score (nSPS) is 12.5. The fourth-order valence-electron chi connectivity index (χ4n) is 2.04. The van der Waals surface area contributed by atoms with Gasteiger partial charge >= 0.3 is 0 Å². The van der Waals surface area contributed by atoms with E-state index in [2.05, 4.69) is 20.9 Å². The molecule has 1 atom stereocenters. The van der Waals surface area contributed by atoms with Gasteiger partial charge < -0.3 is 9.84 Å². The first kappa shape index (κ1) is 15.2. The van der Waals surface area contributed by atoms with E-state index in [1.54, 1.807) is 6.07 Å². The van der Waals surface area contributed by atoms with Crippen LogP contribution in [0.15, 0.2) is 51.3 Å². The van der Waals surface area contributed by atoms with Gasteiger partial charge in [-0.25, -0.2) is 4.98 Å². The molecule has 0 bridgehead atoms. The van der Waals surface area contributed by atoms with E-state index in [1.165, 1.54) is 22.2 Å². The lowest BCUT2D eigenvalue weighted by Gasteiger charge is -2.13. The molecule has 0 radical (unpaired) electrons. The third kappa shape index (κ3) is 3.37. The summed E-state index contributed by atoms with van der Waals surface area (Å²) in [5.74, 6) is 0.660. The van der Waals surface area contributed by atoms with Gasteiger partial charge in [-0.05, 0) is 29.6 Å². The zero-order valence-electron chi connectivity index (χ0n) is 11.5. The Morgan fingerprint density at radius 3 is 3.09 bits per heavy atom. The number of benzene rings is 1. The predicted molar refractivity (Wildman–Crippen MR) is 89.5 cm³/mol.